The predicted octanol–water partition coefficient (Wildman–Crippen LogP) is 3.93. The number of ether oxygens (including phenoxy) is 2. The Balaban J connectivity index is 1.53. The Morgan fingerprint density at radius 1 is 1.16 bits per heavy atom. The summed E-state index contributed by atoms with van der Waals surface area (Å²) in [7, 11) is 1.38. The third kappa shape index (κ3) is 5.32. The van der Waals surface area contributed by atoms with Gasteiger partial charge in [0.2, 0.25) is 5.91 Å². The van der Waals surface area contributed by atoms with Crippen LogP contribution in [0.5, 0.6) is 0 Å². The summed E-state index contributed by atoms with van der Waals surface area (Å²) in [6, 6.07) is 9.29. The maximum atomic E-state index is 12.8. The van der Waals surface area contributed by atoms with Gasteiger partial charge in [-0.05, 0) is 31.9 Å². The van der Waals surface area contributed by atoms with Gasteiger partial charge in [0.05, 0.1) is 26.0 Å². The zero-order chi connectivity index (χ0) is 25.9. The minimum absolute atomic E-state index is 0.135. The lowest BCUT2D eigenvalue weighted by Gasteiger charge is -2.26. The molecule has 0 N–H and O–H groups in total. The van der Waals surface area contributed by atoms with E-state index in [2.05, 4.69) is 16.3 Å². The number of hydrogen-bond donors (Lipinski definition) is 0. The molecule has 0 spiro atoms. The average Bonchev–Trinajstić information content (AvgIpc) is 3.48. The van der Waals surface area contributed by atoms with Crippen LogP contribution in [0.15, 0.2) is 35.3 Å². The first-order valence-corrected chi connectivity index (χ1v) is 13.5. The number of esters is 1. The number of nitrogens with zero attached hydrogens (tertiary/aromatic N) is 5. The number of carbonyl (C=O) groups is 2. The molecule has 1 aromatic carbocycles. The van der Waals surface area contributed by atoms with Crippen LogP contribution in [0.2, 0.25) is 5.02 Å². The molecule has 3 aromatic rings. The Bertz CT molecular complexity index is 1340. The summed E-state index contributed by atoms with van der Waals surface area (Å²) >= 11 is 8.25. The van der Waals surface area contributed by atoms with E-state index in [0.29, 0.717) is 56.4 Å². The molecule has 1 atom stereocenters. The summed E-state index contributed by atoms with van der Waals surface area (Å²) in [6.07, 6.45) is 1.67. The van der Waals surface area contributed by atoms with E-state index in [0.717, 1.165) is 32.5 Å². The fraction of sp³-hybridized carbons (Fsp3) is 0.423. The number of amides is 1. The molecule has 1 amide bonds. The van der Waals surface area contributed by atoms with E-state index in [9.17, 15) is 9.59 Å². The Hall–Kier alpha value is -3.08. The molecule has 37 heavy (non-hydrogen) atoms. The number of aromatic nitrogens is 3. The Morgan fingerprint density at radius 2 is 1.95 bits per heavy atom. The molecule has 9 nitrogen and oxygen atoms in total. The summed E-state index contributed by atoms with van der Waals surface area (Å²) in [6.45, 7) is 4.35. The number of hydrogen-bond acceptors (Lipinski definition) is 8. The second-order valence-electron chi connectivity index (χ2n) is 8.95. The fourth-order valence-corrected chi connectivity index (χ4v) is 6.08. The number of carbonyl (C=O) groups excluding carboxylic acids is 2. The Kier molecular flexibility index (Phi) is 7.68. The first kappa shape index (κ1) is 25.6. The Labute approximate surface area is 224 Å². The van der Waals surface area contributed by atoms with E-state index in [1.807, 2.05) is 40.7 Å². The molecule has 194 valence electrons. The highest BCUT2D eigenvalue weighted by Crippen LogP contribution is 2.39. The molecule has 1 saturated heterocycles. The number of halogens is 1. The summed E-state index contributed by atoms with van der Waals surface area (Å²) in [5.41, 5.74) is 2.46. The van der Waals surface area contributed by atoms with Crippen molar-refractivity contribution in [3.8, 4) is 5.00 Å². The first-order chi connectivity index (χ1) is 18.0. The van der Waals surface area contributed by atoms with Crippen molar-refractivity contribution >= 4 is 40.5 Å². The van der Waals surface area contributed by atoms with Gasteiger partial charge >= 0.3 is 5.97 Å². The lowest BCUT2D eigenvalue weighted by atomic mass is 10.0. The van der Waals surface area contributed by atoms with Crippen LogP contribution in [0.1, 0.15) is 53.0 Å². The number of benzene rings is 1. The molecule has 5 rings (SSSR count). The van der Waals surface area contributed by atoms with Crippen LogP contribution in [0.3, 0.4) is 0 Å². The van der Waals surface area contributed by atoms with E-state index in [1.54, 1.807) is 11.3 Å². The first-order valence-electron chi connectivity index (χ1n) is 12.3. The lowest BCUT2D eigenvalue weighted by molar-refractivity contribution is -0.140. The lowest BCUT2D eigenvalue weighted by Crippen LogP contribution is -2.40. The number of rotatable bonds is 7. The van der Waals surface area contributed by atoms with Gasteiger partial charge in [0.25, 0.3) is 0 Å². The van der Waals surface area contributed by atoms with Gasteiger partial charge in [-0.1, -0.05) is 29.8 Å². The monoisotopic (exact) mass is 541 g/mol. The van der Waals surface area contributed by atoms with Gasteiger partial charge in [-0.15, -0.1) is 21.5 Å². The van der Waals surface area contributed by atoms with E-state index in [1.165, 1.54) is 7.11 Å². The van der Waals surface area contributed by atoms with Crippen molar-refractivity contribution in [2.75, 3.05) is 33.4 Å². The van der Waals surface area contributed by atoms with Crippen LogP contribution in [0, 0.1) is 6.92 Å². The number of morpholine rings is 1. The highest BCUT2D eigenvalue weighted by molar-refractivity contribution is 7.15. The minimum Gasteiger partial charge on any atom is -0.469 e. The second-order valence-corrected chi connectivity index (χ2v) is 10.5. The molecule has 2 aliphatic rings. The Morgan fingerprint density at radius 3 is 2.70 bits per heavy atom. The van der Waals surface area contributed by atoms with Gasteiger partial charge in [-0.3, -0.25) is 19.1 Å². The highest BCUT2D eigenvalue weighted by Gasteiger charge is 2.31. The van der Waals surface area contributed by atoms with Crippen molar-refractivity contribution in [3.63, 3.8) is 0 Å². The molecular weight excluding hydrogens is 514 g/mol. The molecule has 0 aliphatic carbocycles. The number of fused-ring (bicyclic) bond motifs is 3. The van der Waals surface area contributed by atoms with Crippen molar-refractivity contribution in [2.24, 2.45) is 4.99 Å². The van der Waals surface area contributed by atoms with E-state index in [-0.39, 0.29) is 18.3 Å². The van der Waals surface area contributed by atoms with Crippen molar-refractivity contribution < 1.29 is 19.1 Å². The molecule has 0 bridgehead atoms. The number of thiophene rings is 1. The summed E-state index contributed by atoms with van der Waals surface area (Å²) in [4.78, 5) is 32.8. The third-order valence-electron chi connectivity index (χ3n) is 6.58. The van der Waals surface area contributed by atoms with Crippen molar-refractivity contribution in [1.82, 2.24) is 19.7 Å². The summed E-state index contributed by atoms with van der Waals surface area (Å²) in [5, 5.41) is 10.3. The number of aryl methyl sites for hydroxylation is 2. The van der Waals surface area contributed by atoms with Crippen LogP contribution in [0.4, 0.5) is 0 Å². The molecule has 11 heteroatoms. The maximum Gasteiger partial charge on any atom is 0.305 e. The topological polar surface area (TPSA) is 98.9 Å². The smallest absolute Gasteiger partial charge is 0.305 e. The van der Waals surface area contributed by atoms with Crippen LogP contribution >= 0.6 is 22.9 Å². The predicted molar refractivity (Wildman–Crippen MR) is 141 cm³/mol. The highest BCUT2D eigenvalue weighted by atomic mass is 35.5. The molecular formula is C26H28ClN5O4S. The van der Waals surface area contributed by atoms with Crippen LogP contribution in [-0.2, 0) is 25.5 Å². The largest absolute Gasteiger partial charge is 0.469 e. The van der Waals surface area contributed by atoms with Crippen molar-refractivity contribution in [3.05, 3.63) is 63.0 Å². The quantitative estimate of drug-likeness (QED) is 0.420. The van der Waals surface area contributed by atoms with E-state index in [4.69, 9.17) is 26.1 Å². The summed E-state index contributed by atoms with van der Waals surface area (Å²) in [5.74, 6) is 1.23. The van der Waals surface area contributed by atoms with Gasteiger partial charge in [0.15, 0.2) is 5.82 Å². The molecule has 0 saturated carbocycles. The maximum absolute atomic E-state index is 12.8. The van der Waals surface area contributed by atoms with Crippen molar-refractivity contribution in [1.29, 1.82) is 0 Å². The number of aliphatic imine (C=N–C) groups is 1. The van der Waals surface area contributed by atoms with Gasteiger partial charge < -0.3 is 14.4 Å². The fourth-order valence-electron chi connectivity index (χ4n) is 4.64. The molecule has 1 fully saturated rings. The molecule has 1 unspecified atom stereocenters. The van der Waals surface area contributed by atoms with Gasteiger partial charge in [0, 0.05) is 47.0 Å². The molecule has 4 heterocycles. The van der Waals surface area contributed by atoms with Crippen LogP contribution in [0.25, 0.3) is 5.00 Å². The van der Waals surface area contributed by atoms with E-state index >= 15 is 0 Å². The molecule has 0 radical (unpaired) electrons. The van der Waals surface area contributed by atoms with Crippen LogP contribution < -0.4 is 0 Å². The van der Waals surface area contributed by atoms with Gasteiger partial charge in [-0.2, -0.15) is 0 Å². The zero-order valence-electron chi connectivity index (χ0n) is 20.8. The second kappa shape index (κ2) is 11.1. The van der Waals surface area contributed by atoms with Crippen molar-refractivity contribution in [2.45, 2.75) is 38.6 Å². The van der Waals surface area contributed by atoms with E-state index < -0.39 is 6.04 Å². The van der Waals surface area contributed by atoms with Crippen LogP contribution in [-0.4, -0.2) is 70.7 Å². The average molecular weight is 542 g/mol. The standard InChI is InChI=1S/C26H28ClN5O4S/c1-16-29-30-25-21(8-10-23(34)35-2)28-24(18-5-3-4-6-20(18)27)19-15-17(37-26(19)32(16)25)7-9-22(33)31-11-13-36-14-12-31/h3-6,15,21H,7-14H2,1-2H3. The third-order valence-corrected chi connectivity index (χ3v) is 8.09. The molecule has 2 aliphatic heterocycles. The van der Waals surface area contributed by atoms with Gasteiger partial charge in [0.1, 0.15) is 16.9 Å². The summed E-state index contributed by atoms with van der Waals surface area (Å²) < 4.78 is 12.2. The zero-order valence-corrected chi connectivity index (χ0v) is 22.3. The van der Waals surface area contributed by atoms with Gasteiger partial charge in [-0.25, -0.2) is 0 Å². The molecule has 2 aromatic heterocycles. The normalized spacial score (nSPS) is 17.0. The minimum atomic E-state index is -0.405. The SMILES string of the molecule is COC(=O)CCC1N=C(c2ccccc2Cl)c2cc(CCC(=O)N3CCOCC3)sc2-n2c(C)nnc21. The number of methoxy groups -OCH3 is 1.